The maximum absolute atomic E-state index is 11.3. The number of Topliss-reactive ketones (excluding diaryl/α,β-unsaturated/α-hetero) is 1. The molecule has 12 heavy (non-hydrogen) atoms. The van der Waals surface area contributed by atoms with E-state index in [0.717, 1.165) is 0 Å². The van der Waals surface area contributed by atoms with Crippen LogP contribution in [-0.4, -0.2) is 23.8 Å². The van der Waals surface area contributed by atoms with Crippen molar-refractivity contribution in [3.63, 3.8) is 0 Å². The molecule has 0 fully saturated rings. The van der Waals surface area contributed by atoms with Gasteiger partial charge in [0.05, 0.1) is 6.21 Å². The summed E-state index contributed by atoms with van der Waals surface area (Å²) in [7, 11) is 0. The number of nitrogens with one attached hydrogen (secondary N) is 1. The Morgan fingerprint density at radius 1 is 1.67 bits per heavy atom. The lowest BCUT2D eigenvalue weighted by atomic mass is 10.0. The van der Waals surface area contributed by atoms with Crippen LogP contribution in [0.1, 0.15) is 0 Å². The Kier molecular flexibility index (Phi) is 1.27. The summed E-state index contributed by atoms with van der Waals surface area (Å²) in [4.78, 5) is 11.3. The van der Waals surface area contributed by atoms with Gasteiger partial charge in [0.25, 0.3) is 0 Å². The molecule has 0 radical (unpaired) electrons. The standard InChI is InChI=1S/C7H4N4O/c8-1-4-2-9-5-3-10-11-6(5)7(4)12/h2-3,5,9H. The molecule has 1 atom stereocenters. The Hall–Kier alpha value is -1.96. The van der Waals surface area contributed by atoms with Crippen molar-refractivity contribution >= 4 is 17.7 Å². The average Bonchev–Trinajstić information content (AvgIpc) is 2.53. The molecule has 0 aliphatic carbocycles. The summed E-state index contributed by atoms with van der Waals surface area (Å²) in [6.45, 7) is 0. The van der Waals surface area contributed by atoms with Crippen LogP contribution < -0.4 is 5.32 Å². The molecule has 0 aromatic rings. The van der Waals surface area contributed by atoms with Crippen molar-refractivity contribution in [1.29, 1.82) is 5.26 Å². The lowest BCUT2D eigenvalue weighted by Gasteiger charge is -2.14. The molecule has 5 nitrogen and oxygen atoms in total. The second-order valence-electron chi connectivity index (χ2n) is 2.39. The number of allylic oxidation sites excluding steroid dienone is 1. The van der Waals surface area contributed by atoms with Gasteiger partial charge in [0.2, 0.25) is 5.78 Å². The molecule has 1 unspecified atom stereocenters. The SMILES string of the molecule is N#CC1=CNC2C=NN=C2C1=O. The smallest absolute Gasteiger partial charge is 0.223 e. The van der Waals surface area contributed by atoms with Gasteiger partial charge in [-0.15, -0.1) is 5.10 Å². The van der Waals surface area contributed by atoms with Gasteiger partial charge in [-0.1, -0.05) is 0 Å². The molecule has 2 rings (SSSR count). The molecule has 0 saturated heterocycles. The molecule has 0 aromatic heterocycles. The van der Waals surface area contributed by atoms with Gasteiger partial charge in [0.15, 0.2) is 0 Å². The van der Waals surface area contributed by atoms with E-state index in [1.54, 1.807) is 6.07 Å². The number of hydrogen-bond donors (Lipinski definition) is 1. The average molecular weight is 160 g/mol. The highest BCUT2D eigenvalue weighted by molar-refractivity contribution is 6.52. The van der Waals surface area contributed by atoms with Gasteiger partial charge in [-0.25, -0.2) is 0 Å². The van der Waals surface area contributed by atoms with Gasteiger partial charge in [-0.05, 0) is 0 Å². The van der Waals surface area contributed by atoms with Gasteiger partial charge < -0.3 is 5.32 Å². The minimum absolute atomic E-state index is 0.0792. The Balaban J connectivity index is 2.41. The first kappa shape index (κ1) is 6.73. The molecule has 0 bridgehead atoms. The lowest BCUT2D eigenvalue weighted by Crippen LogP contribution is -2.42. The topological polar surface area (TPSA) is 77.6 Å². The Bertz CT molecular complexity index is 371. The Morgan fingerprint density at radius 3 is 3.25 bits per heavy atom. The van der Waals surface area contributed by atoms with E-state index in [9.17, 15) is 4.79 Å². The third-order valence-corrected chi connectivity index (χ3v) is 1.68. The Morgan fingerprint density at radius 2 is 2.50 bits per heavy atom. The fourth-order valence-electron chi connectivity index (χ4n) is 1.06. The van der Waals surface area contributed by atoms with Crippen molar-refractivity contribution in [2.24, 2.45) is 10.2 Å². The summed E-state index contributed by atoms with van der Waals surface area (Å²) < 4.78 is 0. The first-order chi connectivity index (χ1) is 5.83. The molecule has 0 aromatic carbocycles. The first-order valence-electron chi connectivity index (χ1n) is 3.35. The number of ketones is 1. The monoisotopic (exact) mass is 160 g/mol. The molecule has 0 saturated carbocycles. The fraction of sp³-hybridized carbons (Fsp3) is 0.143. The van der Waals surface area contributed by atoms with Crippen LogP contribution >= 0.6 is 0 Å². The maximum atomic E-state index is 11.3. The maximum Gasteiger partial charge on any atom is 0.223 e. The van der Waals surface area contributed by atoms with Crippen molar-refractivity contribution in [2.75, 3.05) is 0 Å². The molecule has 5 heteroatoms. The van der Waals surface area contributed by atoms with Crippen molar-refractivity contribution in [1.82, 2.24) is 5.32 Å². The van der Waals surface area contributed by atoms with E-state index in [2.05, 4.69) is 15.5 Å². The molecular formula is C7H4N4O. The second kappa shape index (κ2) is 2.27. The van der Waals surface area contributed by atoms with Gasteiger partial charge in [0, 0.05) is 6.20 Å². The highest BCUT2D eigenvalue weighted by atomic mass is 16.1. The van der Waals surface area contributed by atoms with E-state index in [-0.39, 0.29) is 17.4 Å². The minimum atomic E-state index is -0.334. The highest BCUT2D eigenvalue weighted by Gasteiger charge is 2.30. The van der Waals surface area contributed by atoms with E-state index in [1.165, 1.54) is 12.4 Å². The third-order valence-electron chi connectivity index (χ3n) is 1.68. The summed E-state index contributed by atoms with van der Waals surface area (Å²) in [5.41, 5.74) is 0.379. The fourth-order valence-corrected chi connectivity index (χ4v) is 1.06. The highest BCUT2D eigenvalue weighted by Crippen LogP contribution is 2.09. The molecule has 58 valence electrons. The van der Waals surface area contributed by atoms with E-state index in [1.807, 2.05) is 0 Å². The number of carbonyl (C=O) groups excluding carboxylic acids is 1. The molecule has 2 heterocycles. The number of fused-ring (bicyclic) bond motifs is 1. The molecule has 2 aliphatic heterocycles. The number of nitriles is 1. The predicted octanol–water partition coefficient (Wildman–Crippen LogP) is -0.625. The number of nitrogens with zero attached hydrogens (tertiary/aromatic N) is 3. The van der Waals surface area contributed by atoms with Gasteiger partial charge in [-0.3, -0.25) is 4.79 Å². The molecule has 2 aliphatic rings. The van der Waals surface area contributed by atoms with Crippen LogP contribution in [0, 0.1) is 11.3 Å². The lowest BCUT2D eigenvalue weighted by molar-refractivity contribution is -0.109. The molecule has 1 N–H and O–H groups in total. The third kappa shape index (κ3) is 0.751. The van der Waals surface area contributed by atoms with Crippen LogP contribution in [0.5, 0.6) is 0 Å². The summed E-state index contributed by atoms with van der Waals surface area (Å²) in [5.74, 6) is -0.334. The number of hydrogen-bond acceptors (Lipinski definition) is 5. The van der Waals surface area contributed by atoms with Crippen molar-refractivity contribution in [3.8, 4) is 6.07 Å². The largest absolute Gasteiger partial charge is 0.377 e. The normalized spacial score (nSPS) is 25.2. The van der Waals surface area contributed by atoms with E-state index >= 15 is 0 Å². The second-order valence-corrected chi connectivity index (χ2v) is 2.39. The summed E-state index contributed by atoms with van der Waals surface area (Å²) in [6.07, 6.45) is 2.92. The first-order valence-corrected chi connectivity index (χ1v) is 3.35. The van der Waals surface area contributed by atoms with Crippen molar-refractivity contribution < 1.29 is 4.79 Å². The zero-order valence-electron chi connectivity index (χ0n) is 5.98. The Labute approximate surface area is 68.1 Å². The zero-order chi connectivity index (χ0) is 8.55. The van der Waals surface area contributed by atoms with Crippen molar-refractivity contribution in [2.45, 2.75) is 6.04 Å². The predicted molar refractivity (Wildman–Crippen MR) is 41.6 cm³/mol. The quantitative estimate of drug-likeness (QED) is 0.512. The molecular weight excluding hydrogens is 156 g/mol. The number of rotatable bonds is 0. The van der Waals surface area contributed by atoms with Gasteiger partial charge in [-0.2, -0.15) is 10.4 Å². The molecule has 0 amide bonds. The summed E-state index contributed by atoms with van der Waals surface area (Å²) in [6, 6.07) is 1.54. The molecule has 0 spiro atoms. The summed E-state index contributed by atoms with van der Waals surface area (Å²) >= 11 is 0. The van der Waals surface area contributed by atoms with Gasteiger partial charge >= 0.3 is 0 Å². The van der Waals surface area contributed by atoms with Crippen LogP contribution in [0.2, 0.25) is 0 Å². The van der Waals surface area contributed by atoms with Crippen LogP contribution in [0.15, 0.2) is 22.0 Å². The van der Waals surface area contributed by atoms with E-state index < -0.39 is 0 Å². The van der Waals surface area contributed by atoms with E-state index in [4.69, 9.17) is 5.26 Å². The number of carbonyl (C=O) groups is 1. The van der Waals surface area contributed by atoms with Crippen LogP contribution in [-0.2, 0) is 4.79 Å². The van der Waals surface area contributed by atoms with Crippen LogP contribution in [0.4, 0.5) is 0 Å². The van der Waals surface area contributed by atoms with Crippen molar-refractivity contribution in [3.05, 3.63) is 11.8 Å². The van der Waals surface area contributed by atoms with E-state index in [0.29, 0.717) is 5.71 Å². The minimum Gasteiger partial charge on any atom is -0.377 e. The van der Waals surface area contributed by atoms with Gasteiger partial charge in [0.1, 0.15) is 23.4 Å². The summed E-state index contributed by atoms with van der Waals surface area (Å²) in [5, 5.41) is 18.5. The van der Waals surface area contributed by atoms with Crippen LogP contribution in [0.3, 0.4) is 0 Å². The van der Waals surface area contributed by atoms with Crippen LogP contribution in [0.25, 0.3) is 0 Å². The zero-order valence-corrected chi connectivity index (χ0v) is 5.98.